The predicted molar refractivity (Wildman–Crippen MR) is 62.6 cm³/mol. The van der Waals surface area contributed by atoms with Crippen LogP contribution in [0.15, 0.2) is 21.6 Å². The highest BCUT2D eigenvalue weighted by Crippen LogP contribution is 2.15. The second-order valence-corrected chi connectivity index (χ2v) is 5.45. The van der Waals surface area contributed by atoms with Crippen molar-refractivity contribution in [1.82, 2.24) is 5.32 Å². The molecule has 0 saturated carbocycles. The number of methoxy groups -OCH3 is 1. The van der Waals surface area contributed by atoms with E-state index in [1.165, 1.54) is 7.11 Å². The van der Waals surface area contributed by atoms with Crippen LogP contribution in [0.2, 0.25) is 0 Å². The van der Waals surface area contributed by atoms with Crippen molar-refractivity contribution in [2.75, 3.05) is 26.0 Å². The summed E-state index contributed by atoms with van der Waals surface area (Å²) in [7, 11) is -2.55. The van der Waals surface area contributed by atoms with Crippen molar-refractivity contribution in [2.24, 2.45) is 0 Å². The first kappa shape index (κ1) is 15.2. The summed E-state index contributed by atoms with van der Waals surface area (Å²) in [6.45, 7) is 0.444. The molecule has 0 spiro atoms. The van der Waals surface area contributed by atoms with Gasteiger partial charge in [-0.05, 0) is 12.1 Å². The van der Waals surface area contributed by atoms with Gasteiger partial charge in [-0.1, -0.05) is 0 Å². The summed E-state index contributed by atoms with van der Waals surface area (Å²) in [6.07, 6.45) is 0. The van der Waals surface area contributed by atoms with Gasteiger partial charge in [-0.2, -0.15) is 0 Å². The van der Waals surface area contributed by atoms with Gasteiger partial charge in [0, 0.05) is 13.7 Å². The van der Waals surface area contributed by atoms with Crippen molar-refractivity contribution in [1.29, 1.82) is 0 Å². The quantitative estimate of drug-likeness (QED) is 0.650. The van der Waals surface area contributed by atoms with Crippen LogP contribution in [-0.2, 0) is 19.4 Å². The average molecular weight is 291 g/mol. The fourth-order valence-corrected chi connectivity index (χ4v) is 2.27. The third-order valence-corrected chi connectivity index (χ3v) is 3.52. The topological polar surface area (TPSA) is 123 Å². The molecule has 1 rings (SSSR count). The third kappa shape index (κ3) is 4.38. The fraction of sp³-hybridized carbons (Fsp3) is 0.400. The average Bonchev–Trinajstić information content (AvgIpc) is 2.78. The molecule has 0 bridgehead atoms. The fourth-order valence-electron chi connectivity index (χ4n) is 1.19. The molecule has 0 fully saturated rings. The smallest absolute Gasteiger partial charge is 0.371 e. The molecule has 2 N–H and O–H groups in total. The minimum atomic E-state index is -3.99. The Kier molecular flexibility index (Phi) is 5.07. The van der Waals surface area contributed by atoms with Gasteiger partial charge in [0.25, 0.3) is 0 Å². The second-order valence-electron chi connectivity index (χ2n) is 3.53. The SMILES string of the molecule is COCCNC(=O)CS(=O)(=O)c1ccc(C(=O)O)o1. The molecule has 106 valence electrons. The number of ether oxygens (including phenoxy) is 1. The molecule has 8 nitrogen and oxygen atoms in total. The Morgan fingerprint density at radius 2 is 2.11 bits per heavy atom. The van der Waals surface area contributed by atoms with Gasteiger partial charge in [0.2, 0.25) is 26.6 Å². The number of nitrogens with one attached hydrogen (secondary N) is 1. The number of carbonyl (C=O) groups is 2. The number of sulfone groups is 1. The maximum absolute atomic E-state index is 11.7. The maximum Gasteiger partial charge on any atom is 0.371 e. The number of hydrogen-bond acceptors (Lipinski definition) is 6. The molecule has 19 heavy (non-hydrogen) atoms. The first-order valence-electron chi connectivity index (χ1n) is 5.18. The minimum Gasteiger partial charge on any atom is -0.475 e. The summed E-state index contributed by atoms with van der Waals surface area (Å²) in [4.78, 5) is 21.9. The molecular formula is C10H13NO7S. The Hall–Kier alpha value is -1.87. The van der Waals surface area contributed by atoms with Crippen molar-refractivity contribution in [3.8, 4) is 0 Å². The molecule has 1 amide bonds. The van der Waals surface area contributed by atoms with Gasteiger partial charge in [0.1, 0.15) is 5.75 Å². The number of carboxylic acid groups (broad SMARTS) is 1. The zero-order valence-corrected chi connectivity index (χ0v) is 10.9. The van der Waals surface area contributed by atoms with Crippen LogP contribution in [0.3, 0.4) is 0 Å². The Labute approximate surface area is 109 Å². The highest BCUT2D eigenvalue weighted by molar-refractivity contribution is 7.92. The first-order chi connectivity index (χ1) is 8.86. The van der Waals surface area contributed by atoms with Crippen molar-refractivity contribution >= 4 is 21.7 Å². The van der Waals surface area contributed by atoms with E-state index in [0.29, 0.717) is 0 Å². The molecule has 9 heteroatoms. The molecule has 0 unspecified atom stereocenters. The lowest BCUT2D eigenvalue weighted by molar-refractivity contribution is -0.118. The third-order valence-electron chi connectivity index (χ3n) is 2.05. The summed E-state index contributed by atoms with van der Waals surface area (Å²) in [5.41, 5.74) is 0. The van der Waals surface area contributed by atoms with E-state index in [1.807, 2.05) is 0 Å². The monoisotopic (exact) mass is 291 g/mol. The standard InChI is InChI=1S/C10H13NO7S/c1-17-5-4-11-8(12)6-19(15,16)9-3-2-7(18-9)10(13)14/h2-3H,4-6H2,1H3,(H,11,12)(H,13,14). The van der Waals surface area contributed by atoms with Crippen LogP contribution < -0.4 is 5.32 Å². The minimum absolute atomic E-state index is 0.184. The van der Waals surface area contributed by atoms with Crippen molar-refractivity contribution in [3.63, 3.8) is 0 Å². The van der Waals surface area contributed by atoms with Crippen LogP contribution in [-0.4, -0.2) is 51.4 Å². The van der Waals surface area contributed by atoms with Crippen molar-refractivity contribution in [3.05, 3.63) is 17.9 Å². The molecule has 1 heterocycles. The van der Waals surface area contributed by atoms with Gasteiger partial charge in [-0.15, -0.1) is 0 Å². The van der Waals surface area contributed by atoms with Gasteiger partial charge < -0.3 is 19.6 Å². The predicted octanol–water partition coefficient (Wildman–Crippen LogP) is -0.486. The van der Waals surface area contributed by atoms with E-state index in [1.54, 1.807) is 0 Å². The van der Waals surface area contributed by atoms with Gasteiger partial charge in [0.05, 0.1) is 6.61 Å². The van der Waals surface area contributed by atoms with Gasteiger partial charge >= 0.3 is 5.97 Å². The van der Waals surface area contributed by atoms with Gasteiger partial charge in [-0.25, -0.2) is 13.2 Å². The van der Waals surface area contributed by atoms with E-state index in [2.05, 4.69) is 14.5 Å². The zero-order chi connectivity index (χ0) is 14.5. The lowest BCUT2D eigenvalue weighted by Crippen LogP contribution is -2.32. The van der Waals surface area contributed by atoms with Gasteiger partial charge in [0.15, 0.2) is 0 Å². The molecule has 0 saturated heterocycles. The van der Waals surface area contributed by atoms with Crippen LogP contribution in [0.5, 0.6) is 0 Å². The van der Waals surface area contributed by atoms with Gasteiger partial charge in [-0.3, -0.25) is 4.79 Å². The largest absolute Gasteiger partial charge is 0.475 e. The van der Waals surface area contributed by atoms with E-state index in [0.717, 1.165) is 12.1 Å². The molecule has 0 aliphatic rings. The summed E-state index contributed by atoms with van der Waals surface area (Å²) in [5, 5.41) is 10.4. The second kappa shape index (κ2) is 6.34. The first-order valence-corrected chi connectivity index (χ1v) is 6.83. The van der Waals surface area contributed by atoms with Crippen LogP contribution in [0.1, 0.15) is 10.6 Å². The molecule has 1 aromatic rings. The summed E-state index contributed by atoms with van der Waals surface area (Å²) >= 11 is 0. The molecule has 0 atom stereocenters. The van der Waals surface area contributed by atoms with Crippen LogP contribution in [0.4, 0.5) is 0 Å². The zero-order valence-electron chi connectivity index (χ0n) is 10.1. The Bertz CT molecular complexity index is 560. The van der Waals surface area contributed by atoms with Crippen molar-refractivity contribution < 1.29 is 32.3 Å². The van der Waals surface area contributed by atoms with E-state index in [4.69, 9.17) is 5.11 Å². The summed E-state index contributed by atoms with van der Waals surface area (Å²) < 4.78 is 32.8. The maximum atomic E-state index is 11.7. The molecule has 0 aliphatic carbocycles. The molecule has 0 aromatic carbocycles. The van der Waals surface area contributed by atoms with Crippen LogP contribution in [0, 0.1) is 0 Å². The molecule has 0 radical (unpaired) electrons. The number of carboxylic acids is 1. The van der Waals surface area contributed by atoms with E-state index >= 15 is 0 Å². The lowest BCUT2D eigenvalue weighted by Gasteiger charge is -2.04. The Morgan fingerprint density at radius 3 is 2.63 bits per heavy atom. The summed E-state index contributed by atoms with van der Waals surface area (Å²) in [6, 6.07) is 2.01. The number of rotatable bonds is 7. The van der Waals surface area contributed by atoms with Crippen LogP contribution >= 0.6 is 0 Å². The number of aromatic carboxylic acids is 1. The molecule has 1 aromatic heterocycles. The normalized spacial score (nSPS) is 11.2. The molecular weight excluding hydrogens is 278 g/mol. The van der Waals surface area contributed by atoms with E-state index in [9.17, 15) is 18.0 Å². The van der Waals surface area contributed by atoms with E-state index < -0.39 is 38.3 Å². The van der Waals surface area contributed by atoms with Crippen molar-refractivity contribution in [2.45, 2.75) is 5.09 Å². The Balaban J connectivity index is 2.69. The molecule has 0 aliphatic heterocycles. The number of carbonyl (C=O) groups excluding carboxylic acids is 1. The summed E-state index contributed by atoms with van der Waals surface area (Å²) in [5.74, 6) is -3.42. The highest BCUT2D eigenvalue weighted by atomic mass is 32.2. The number of furan rings is 1. The number of amides is 1. The number of hydrogen-bond donors (Lipinski definition) is 2. The highest BCUT2D eigenvalue weighted by Gasteiger charge is 2.24. The lowest BCUT2D eigenvalue weighted by atomic mass is 10.5. The van der Waals surface area contributed by atoms with E-state index in [-0.39, 0.29) is 13.2 Å². The van der Waals surface area contributed by atoms with Crippen LogP contribution in [0.25, 0.3) is 0 Å². The Morgan fingerprint density at radius 1 is 1.42 bits per heavy atom.